The van der Waals surface area contributed by atoms with Crippen LogP contribution in [-0.4, -0.2) is 26.9 Å². The Bertz CT molecular complexity index is 712. The van der Waals surface area contributed by atoms with Crippen molar-refractivity contribution >= 4 is 23.2 Å². The molecule has 0 bridgehead atoms. The van der Waals surface area contributed by atoms with Gasteiger partial charge in [-0.3, -0.25) is 0 Å². The Balaban J connectivity index is 2.17. The maximum absolute atomic E-state index is 12.4. The fraction of sp³-hybridized carbons (Fsp3) is 0.533. The van der Waals surface area contributed by atoms with Gasteiger partial charge in [-0.25, -0.2) is 4.79 Å². The minimum Gasteiger partial charge on any atom is -0.495 e. The highest BCUT2D eigenvalue weighted by Crippen LogP contribution is 2.32. The lowest BCUT2D eigenvalue weighted by atomic mass is 10.1. The molecule has 0 atom stereocenters. The van der Waals surface area contributed by atoms with Crippen LogP contribution < -0.4 is 10.4 Å². The first-order valence-electron chi connectivity index (χ1n) is 7.64. The van der Waals surface area contributed by atoms with Gasteiger partial charge in [-0.15, -0.1) is 0 Å². The topological polar surface area (TPSA) is 61.9 Å². The molecule has 0 aliphatic carbocycles. The van der Waals surface area contributed by atoms with E-state index in [1.807, 2.05) is 0 Å². The number of rotatable bonds is 8. The molecule has 0 fully saturated rings. The molecule has 8 heteroatoms. The van der Waals surface area contributed by atoms with E-state index in [1.165, 1.54) is 37.1 Å². The average molecular weight is 359 g/mol. The molecular formula is C15H20Cl2N4O2. The summed E-state index contributed by atoms with van der Waals surface area (Å²) >= 11 is 12.2. The molecule has 0 saturated carbocycles. The summed E-state index contributed by atoms with van der Waals surface area (Å²) in [6.07, 6.45) is 5.54. The highest BCUT2D eigenvalue weighted by molar-refractivity contribution is 6.36. The van der Waals surface area contributed by atoms with Crippen LogP contribution in [0, 0.1) is 0 Å². The zero-order valence-electron chi connectivity index (χ0n) is 13.3. The highest BCUT2D eigenvalue weighted by atomic mass is 35.5. The van der Waals surface area contributed by atoms with Crippen LogP contribution in [0.5, 0.6) is 5.75 Å². The summed E-state index contributed by atoms with van der Waals surface area (Å²) in [5.41, 5.74) is 0.0712. The lowest BCUT2D eigenvalue weighted by Crippen LogP contribution is -2.24. The number of hydrogen-bond acceptors (Lipinski definition) is 4. The summed E-state index contributed by atoms with van der Waals surface area (Å²) in [5, 5.41) is 8.50. The second-order valence-electron chi connectivity index (χ2n) is 5.25. The zero-order valence-corrected chi connectivity index (χ0v) is 14.8. The third-order valence-corrected chi connectivity index (χ3v) is 4.16. The largest absolute Gasteiger partial charge is 0.495 e. The van der Waals surface area contributed by atoms with E-state index in [-0.39, 0.29) is 5.69 Å². The highest BCUT2D eigenvalue weighted by Gasteiger charge is 2.15. The van der Waals surface area contributed by atoms with Gasteiger partial charge in [-0.05, 0) is 22.9 Å². The predicted molar refractivity (Wildman–Crippen MR) is 91.0 cm³/mol. The Morgan fingerprint density at radius 3 is 2.52 bits per heavy atom. The van der Waals surface area contributed by atoms with Crippen molar-refractivity contribution in [3.05, 3.63) is 32.7 Å². The smallest absolute Gasteiger partial charge is 0.368 e. The average Bonchev–Trinajstić information content (AvgIpc) is 2.88. The van der Waals surface area contributed by atoms with Crippen LogP contribution in [0.25, 0.3) is 5.69 Å². The molecule has 1 aromatic carbocycles. The second kappa shape index (κ2) is 8.36. The molecular weight excluding hydrogens is 339 g/mol. The fourth-order valence-corrected chi connectivity index (χ4v) is 2.81. The normalized spacial score (nSPS) is 11.0. The number of hydrogen-bond donors (Lipinski definition) is 0. The number of tetrazole rings is 1. The van der Waals surface area contributed by atoms with Gasteiger partial charge in [0.25, 0.3) is 0 Å². The summed E-state index contributed by atoms with van der Waals surface area (Å²) in [6, 6.07) is 3.10. The van der Waals surface area contributed by atoms with Crippen molar-refractivity contribution in [3.8, 4) is 11.4 Å². The zero-order chi connectivity index (χ0) is 16.8. The summed E-state index contributed by atoms with van der Waals surface area (Å²) in [6.45, 7) is 2.71. The molecule has 1 heterocycles. The Kier molecular flexibility index (Phi) is 6.47. The van der Waals surface area contributed by atoms with Crippen molar-refractivity contribution in [1.82, 2.24) is 19.8 Å². The minimum atomic E-state index is -0.327. The first-order valence-corrected chi connectivity index (χ1v) is 8.40. The Morgan fingerprint density at radius 1 is 1.09 bits per heavy atom. The molecule has 0 unspecified atom stereocenters. The van der Waals surface area contributed by atoms with Crippen molar-refractivity contribution in [2.75, 3.05) is 7.11 Å². The van der Waals surface area contributed by atoms with Crippen molar-refractivity contribution in [2.24, 2.45) is 0 Å². The van der Waals surface area contributed by atoms with Gasteiger partial charge >= 0.3 is 5.69 Å². The number of ether oxygens (including phenoxy) is 1. The van der Waals surface area contributed by atoms with Crippen LogP contribution in [0.15, 0.2) is 16.9 Å². The van der Waals surface area contributed by atoms with E-state index in [0.29, 0.717) is 28.0 Å². The van der Waals surface area contributed by atoms with Gasteiger partial charge in [-0.1, -0.05) is 55.8 Å². The molecule has 1 aromatic heterocycles. The van der Waals surface area contributed by atoms with Crippen LogP contribution in [-0.2, 0) is 6.54 Å². The summed E-state index contributed by atoms with van der Waals surface area (Å²) in [5.74, 6) is 0.423. The third-order valence-electron chi connectivity index (χ3n) is 3.56. The van der Waals surface area contributed by atoms with Crippen LogP contribution in [0.3, 0.4) is 0 Å². The monoisotopic (exact) mass is 358 g/mol. The van der Waals surface area contributed by atoms with Gasteiger partial charge in [0.05, 0.1) is 22.8 Å². The van der Waals surface area contributed by atoms with Crippen molar-refractivity contribution in [1.29, 1.82) is 0 Å². The molecule has 0 amide bonds. The minimum absolute atomic E-state index is 0.313. The van der Waals surface area contributed by atoms with Crippen LogP contribution in [0.2, 0.25) is 10.0 Å². The molecule has 6 nitrogen and oxygen atoms in total. The number of methoxy groups -OCH3 is 1. The molecule has 0 aliphatic rings. The van der Waals surface area contributed by atoms with Gasteiger partial charge in [0.2, 0.25) is 0 Å². The lowest BCUT2D eigenvalue weighted by Gasteiger charge is -2.07. The molecule has 0 saturated heterocycles. The number of aryl methyl sites for hydroxylation is 1. The van der Waals surface area contributed by atoms with Gasteiger partial charge in [0.15, 0.2) is 0 Å². The summed E-state index contributed by atoms with van der Waals surface area (Å²) in [7, 11) is 1.49. The standard InChI is InChI=1S/C15H20Cl2N4O2/c1-3-4-5-6-7-8-20-15(22)21(19-18-20)13-10-14(23-2)12(17)9-11(13)16/h9-10H,3-8H2,1-2H3. The van der Waals surface area contributed by atoms with E-state index in [1.54, 1.807) is 6.07 Å². The molecule has 23 heavy (non-hydrogen) atoms. The fourth-order valence-electron chi connectivity index (χ4n) is 2.27. The molecule has 0 aliphatic heterocycles. The number of nitrogens with zero attached hydrogens (tertiary/aromatic N) is 4. The third kappa shape index (κ3) is 4.26. The number of benzene rings is 1. The molecule has 2 rings (SSSR count). The quantitative estimate of drug-likeness (QED) is 0.674. The predicted octanol–water partition coefficient (Wildman–Crippen LogP) is 3.71. The molecule has 0 radical (unpaired) electrons. The SMILES string of the molecule is CCCCCCCn1nnn(-c2cc(OC)c(Cl)cc2Cl)c1=O. The van der Waals surface area contributed by atoms with Gasteiger partial charge < -0.3 is 4.74 Å². The molecule has 0 spiro atoms. The maximum Gasteiger partial charge on any atom is 0.368 e. The molecule has 2 aromatic rings. The van der Waals surface area contributed by atoms with Crippen LogP contribution >= 0.6 is 23.2 Å². The van der Waals surface area contributed by atoms with E-state index in [0.717, 1.165) is 17.5 Å². The summed E-state index contributed by atoms with van der Waals surface area (Å²) < 4.78 is 7.66. The lowest BCUT2D eigenvalue weighted by molar-refractivity contribution is 0.414. The number of aromatic nitrogens is 4. The van der Waals surface area contributed by atoms with Crippen LogP contribution in [0.1, 0.15) is 39.0 Å². The van der Waals surface area contributed by atoms with E-state index in [4.69, 9.17) is 27.9 Å². The molecule has 0 N–H and O–H groups in total. The van der Waals surface area contributed by atoms with Crippen molar-refractivity contribution in [2.45, 2.75) is 45.6 Å². The maximum atomic E-state index is 12.4. The first-order chi connectivity index (χ1) is 11.1. The van der Waals surface area contributed by atoms with Gasteiger partial charge in [0, 0.05) is 12.6 Å². The Hall–Kier alpha value is -1.53. The first kappa shape index (κ1) is 17.8. The van der Waals surface area contributed by atoms with E-state index < -0.39 is 0 Å². The van der Waals surface area contributed by atoms with Crippen molar-refractivity contribution in [3.63, 3.8) is 0 Å². The van der Waals surface area contributed by atoms with E-state index in [2.05, 4.69) is 17.4 Å². The van der Waals surface area contributed by atoms with E-state index in [9.17, 15) is 4.79 Å². The van der Waals surface area contributed by atoms with Gasteiger partial charge in [0.1, 0.15) is 5.75 Å². The van der Waals surface area contributed by atoms with Crippen molar-refractivity contribution < 1.29 is 4.74 Å². The summed E-state index contributed by atoms with van der Waals surface area (Å²) in [4.78, 5) is 12.4. The number of halogens is 2. The molecule has 126 valence electrons. The second-order valence-corrected chi connectivity index (χ2v) is 6.06. The Morgan fingerprint density at radius 2 is 1.83 bits per heavy atom. The Labute approximate surface area is 144 Å². The van der Waals surface area contributed by atoms with E-state index >= 15 is 0 Å². The van der Waals surface area contributed by atoms with Gasteiger partial charge in [-0.2, -0.15) is 9.36 Å². The number of unbranched alkanes of at least 4 members (excludes halogenated alkanes) is 4. The van der Waals surface area contributed by atoms with Crippen LogP contribution in [0.4, 0.5) is 0 Å².